The number of carbonyl (C=O) groups is 1. The molecular weight excluding hydrogens is 224 g/mol. The molecule has 2 rings (SSSR count). The number of rotatable bonds is 2. The minimum atomic E-state index is 0.255. The molecule has 1 aliphatic heterocycles. The van der Waals surface area contributed by atoms with Gasteiger partial charge in [0.15, 0.2) is 0 Å². The van der Waals surface area contributed by atoms with Crippen molar-refractivity contribution >= 4 is 5.91 Å². The van der Waals surface area contributed by atoms with Crippen molar-refractivity contribution in [1.29, 1.82) is 0 Å². The number of amides is 1. The van der Waals surface area contributed by atoms with Crippen LogP contribution >= 0.6 is 0 Å². The molecule has 0 spiro atoms. The Balaban J connectivity index is 1.87. The molecule has 0 radical (unpaired) electrons. The average Bonchev–Trinajstić information content (AvgIpc) is 2.38. The predicted octanol–water partition coefficient (Wildman–Crippen LogP) is 2.41. The molecule has 1 amide bonds. The fraction of sp³-hybridized carbons (Fsp3) is 0.933. The van der Waals surface area contributed by atoms with Gasteiger partial charge in [-0.15, -0.1) is 0 Å². The van der Waals surface area contributed by atoms with E-state index in [2.05, 4.69) is 24.1 Å². The molecule has 0 aromatic heterocycles. The summed E-state index contributed by atoms with van der Waals surface area (Å²) in [5.41, 5.74) is 0. The molecule has 1 saturated heterocycles. The molecule has 18 heavy (non-hydrogen) atoms. The van der Waals surface area contributed by atoms with Crippen LogP contribution < -0.4 is 5.32 Å². The molecule has 3 nitrogen and oxygen atoms in total. The first-order valence-corrected chi connectivity index (χ1v) is 7.58. The quantitative estimate of drug-likeness (QED) is 0.818. The Hall–Kier alpha value is -0.570. The summed E-state index contributed by atoms with van der Waals surface area (Å²) in [4.78, 5) is 14.6. The number of carbonyl (C=O) groups excluding carboxylic acids is 1. The van der Waals surface area contributed by atoms with Gasteiger partial charge in [0.2, 0.25) is 5.91 Å². The number of nitrogens with one attached hydrogen (secondary N) is 1. The second-order valence-electron chi connectivity index (χ2n) is 6.44. The smallest absolute Gasteiger partial charge is 0.225 e. The highest BCUT2D eigenvalue weighted by Crippen LogP contribution is 2.28. The first-order valence-electron chi connectivity index (χ1n) is 7.58. The average molecular weight is 252 g/mol. The van der Waals surface area contributed by atoms with Crippen molar-refractivity contribution in [1.82, 2.24) is 10.2 Å². The Kier molecular flexibility index (Phi) is 4.66. The topological polar surface area (TPSA) is 32.3 Å². The number of piperidine rings is 1. The Morgan fingerprint density at radius 3 is 2.39 bits per heavy atom. The van der Waals surface area contributed by atoms with Gasteiger partial charge in [0, 0.05) is 25.0 Å². The molecule has 1 saturated carbocycles. The highest BCUT2D eigenvalue weighted by molar-refractivity contribution is 5.79. The molecular formula is C15H28N2O. The first kappa shape index (κ1) is 13.9. The van der Waals surface area contributed by atoms with Crippen LogP contribution in [0.15, 0.2) is 0 Å². The maximum Gasteiger partial charge on any atom is 0.225 e. The molecule has 1 N–H and O–H groups in total. The van der Waals surface area contributed by atoms with Crippen LogP contribution in [0.2, 0.25) is 0 Å². The minimum Gasteiger partial charge on any atom is -0.343 e. The molecule has 1 heterocycles. The van der Waals surface area contributed by atoms with Crippen LogP contribution in [0.4, 0.5) is 0 Å². The van der Waals surface area contributed by atoms with Gasteiger partial charge in [-0.1, -0.05) is 6.92 Å². The van der Waals surface area contributed by atoms with Crippen molar-refractivity contribution in [2.24, 2.45) is 11.8 Å². The maximum absolute atomic E-state index is 12.5. The summed E-state index contributed by atoms with van der Waals surface area (Å²) >= 11 is 0. The van der Waals surface area contributed by atoms with Crippen molar-refractivity contribution in [3.8, 4) is 0 Å². The number of nitrogens with zero attached hydrogens (tertiary/aromatic N) is 1. The van der Waals surface area contributed by atoms with Crippen molar-refractivity contribution in [2.75, 3.05) is 13.6 Å². The Morgan fingerprint density at radius 1 is 1.11 bits per heavy atom. The summed E-state index contributed by atoms with van der Waals surface area (Å²) in [7, 11) is 2.02. The van der Waals surface area contributed by atoms with Crippen LogP contribution in [0.25, 0.3) is 0 Å². The van der Waals surface area contributed by atoms with Crippen LogP contribution in [0.3, 0.4) is 0 Å². The van der Waals surface area contributed by atoms with Gasteiger partial charge in [-0.2, -0.15) is 0 Å². The van der Waals surface area contributed by atoms with Crippen molar-refractivity contribution in [3.05, 3.63) is 0 Å². The van der Waals surface area contributed by atoms with E-state index in [0.717, 1.165) is 25.3 Å². The number of hydrogen-bond acceptors (Lipinski definition) is 2. The van der Waals surface area contributed by atoms with Crippen LogP contribution in [0.5, 0.6) is 0 Å². The van der Waals surface area contributed by atoms with Gasteiger partial charge in [0.05, 0.1) is 0 Å². The molecule has 2 fully saturated rings. The summed E-state index contributed by atoms with van der Waals surface area (Å²) in [6, 6.07) is 0.992. The molecule has 0 bridgehead atoms. The normalized spacial score (nSPS) is 37.3. The van der Waals surface area contributed by atoms with Crippen LogP contribution in [0.1, 0.15) is 52.4 Å². The Morgan fingerprint density at radius 2 is 1.78 bits per heavy atom. The van der Waals surface area contributed by atoms with Crippen LogP contribution in [-0.4, -0.2) is 36.5 Å². The summed E-state index contributed by atoms with van der Waals surface area (Å²) < 4.78 is 0. The minimum absolute atomic E-state index is 0.255. The largest absolute Gasteiger partial charge is 0.343 e. The fourth-order valence-corrected chi connectivity index (χ4v) is 3.45. The lowest BCUT2D eigenvalue weighted by atomic mass is 9.85. The van der Waals surface area contributed by atoms with Crippen LogP contribution in [-0.2, 0) is 4.79 Å². The van der Waals surface area contributed by atoms with Gasteiger partial charge in [-0.25, -0.2) is 0 Å². The second kappa shape index (κ2) is 6.05. The van der Waals surface area contributed by atoms with E-state index in [4.69, 9.17) is 0 Å². The van der Waals surface area contributed by atoms with Gasteiger partial charge in [0.1, 0.15) is 0 Å². The van der Waals surface area contributed by atoms with E-state index in [0.29, 0.717) is 18.0 Å². The SMILES string of the molecule is CC1CCC(N(C)C(=O)[C@H]2CCN[C@@H](C)C2)CC1. The molecule has 3 heteroatoms. The lowest BCUT2D eigenvalue weighted by Crippen LogP contribution is -2.46. The third-order valence-corrected chi connectivity index (χ3v) is 4.85. The summed E-state index contributed by atoms with van der Waals surface area (Å²) in [6.45, 7) is 5.50. The van der Waals surface area contributed by atoms with E-state index in [1.807, 2.05) is 7.05 Å². The molecule has 2 atom stereocenters. The van der Waals surface area contributed by atoms with Crippen LogP contribution in [0, 0.1) is 11.8 Å². The van der Waals surface area contributed by atoms with E-state index in [1.165, 1.54) is 25.7 Å². The first-order chi connectivity index (χ1) is 8.58. The fourth-order valence-electron chi connectivity index (χ4n) is 3.45. The van der Waals surface area contributed by atoms with E-state index in [9.17, 15) is 4.79 Å². The zero-order valence-electron chi connectivity index (χ0n) is 12.1. The lowest BCUT2D eigenvalue weighted by Gasteiger charge is -2.37. The second-order valence-corrected chi connectivity index (χ2v) is 6.44. The molecule has 104 valence electrons. The van der Waals surface area contributed by atoms with Crippen molar-refractivity contribution < 1.29 is 4.79 Å². The van der Waals surface area contributed by atoms with Gasteiger partial charge in [0.25, 0.3) is 0 Å². The lowest BCUT2D eigenvalue weighted by molar-refractivity contribution is -0.138. The molecule has 0 aromatic carbocycles. The zero-order chi connectivity index (χ0) is 13.1. The van der Waals surface area contributed by atoms with Gasteiger partial charge >= 0.3 is 0 Å². The van der Waals surface area contributed by atoms with E-state index >= 15 is 0 Å². The van der Waals surface area contributed by atoms with E-state index < -0.39 is 0 Å². The van der Waals surface area contributed by atoms with E-state index in [1.54, 1.807) is 0 Å². The van der Waals surface area contributed by atoms with Gasteiger partial charge in [-0.05, 0) is 57.9 Å². The molecule has 1 aliphatic carbocycles. The monoisotopic (exact) mass is 252 g/mol. The highest BCUT2D eigenvalue weighted by Gasteiger charge is 2.31. The standard InChI is InChI=1S/C15H28N2O/c1-11-4-6-14(7-5-11)17(3)15(18)13-8-9-16-12(2)10-13/h11-14,16H,4-10H2,1-3H3/t11?,12-,13-,14?/m0/s1. The molecule has 0 aromatic rings. The van der Waals surface area contributed by atoms with E-state index in [-0.39, 0.29) is 5.92 Å². The summed E-state index contributed by atoms with van der Waals surface area (Å²) in [5.74, 6) is 1.50. The Bertz CT molecular complexity index is 284. The molecule has 2 aliphatic rings. The number of hydrogen-bond donors (Lipinski definition) is 1. The predicted molar refractivity (Wildman–Crippen MR) is 74.4 cm³/mol. The third kappa shape index (κ3) is 3.25. The van der Waals surface area contributed by atoms with Gasteiger partial charge in [-0.3, -0.25) is 4.79 Å². The third-order valence-electron chi connectivity index (χ3n) is 4.85. The summed E-state index contributed by atoms with van der Waals surface area (Å²) in [5, 5.41) is 3.42. The highest BCUT2D eigenvalue weighted by atomic mass is 16.2. The Labute approximate surface area is 111 Å². The summed E-state index contributed by atoms with van der Waals surface area (Å²) in [6.07, 6.45) is 6.98. The molecule has 0 unspecified atom stereocenters. The zero-order valence-corrected chi connectivity index (χ0v) is 12.1. The van der Waals surface area contributed by atoms with Gasteiger partial charge < -0.3 is 10.2 Å². The van der Waals surface area contributed by atoms with Crippen molar-refractivity contribution in [2.45, 2.75) is 64.5 Å². The van der Waals surface area contributed by atoms with Crippen molar-refractivity contribution in [3.63, 3.8) is 0 Å². The maximum atomic E-state index is 12.5.